The van der Waals surface area contributed by atoms with Gasteiger partial charge in [0.2, 0.25) is 5.91 Å². The zero-order valence-corrected chi connectivity index (χ0v) is 14.1. The van der Waals surface area contributed by atoms with E-state index in [4.69, 9.17) is 0 Å². The summed E-state index contributed by atoms with van der Waals surface area (Å²) in [5.74, 6) is -0.188. The maximum atomic E-state index is 12.6. The average molecular weight is 329 g/mol. The minimum absolute atomic E-state index is 0.0792. The summed E-state index contributed by atoms with van der Waals surface area (Å²) in [6, 6.07) is 8.06. The third kappa shape index (κ3) is 3.14. The monoisotopic (exact) mass is 329 g/mol. The van der Waals surface area contributed by atoms with Gasteiger partial charge in [0.15, 0.2) is 0 Å². The summed E-state index contributed by atoms with van der Waals surface area (Å²) in [6.07, 6.45) is 1.39. The molecule has 1 aliphatic rings. The molecule has 0 aliphatic carbocycles. The van der Waals surface area contributed by atoms with Gasteiger partial charge in [-0.3, -0.25) is 9.59 Å². The Morgan fingerprint density at radius 2 is 1.75 bits per heavy atom. The molecule has 2 heterocycles. The second-order valence-corrected chi connectivity index (χ2v) is 6.34. The van der Waals surface area contributed by atoms with Gasteiger partial charge in [-0.1, -0.05) is 18.2 Å². The fourth-order valence-electron chi connectivity index (χ4n) is 3.28. The van der Waals surface area contributed by atoms with Gasteiger partial charge < -0.3 is 19.5 Å². The molecule has 1 aliphatic heterocycles. The topological polar surface area (TPSA) is 65.8 Å². The van der Waals surface area contributed by atoms with Crippen molar-refractivity contribution in [1.82, 2.24) is 14.4 Å². The molecule has 1 aromatic carbocycles. The minimum Gasteiger partial charge on any atom is -0.384 e. The normalized spacial score (nSPS) is 16.5. The summed E-state index contributed by atoms with van der Waals surface area (Å²) in [5, 5.41) is 10.5. The van der Waals surface area contributed by atoms with Gasteiger partial charge in [0.05, 0.1) is 6.42 Å². The van der Waals surface area contributed by atoms with Gasteiger partial charge in [-0.2, -0.15) is 0 Å². The number of para-hydroxylation sites is 1. The molecule has 0 radical (unpaired) electrons. The molecule has 0 saturated carbocycles. The van der Waals surface area contributed by atoms with E-state index in [0.717, 1.165) is 16.5 Å². The summed E-state index contributed by atoms with van der Waals surface area (Å²) in [5.41, 5.74) is 2.15. The molecule has 0 spiro atoms. The van der Waals surface area contributed by atoms with Crippen molar-refractivity contribution in [2.45, 2.75) is 19.4 Å². The number of carbonyl (C=O) groups excluding carboxylic acids is 2. The molecule has 1 N–H and O–H groups in total. The van der Waals surface area contributed by atoms with Crippen molar-refractivity contribution >= 4 is 22.7 Å². The second-order valence-electron chi connectivity index (χ2n) is 6.34. The lowest BCUT2D eigenvalue weighted by Gasteiger charge is -2.35. The van der Waals surface area contributed by atoms with E-state index in [1.54, 1.807) is 9.80 Å². The summed E-state index contributed by atoms with van der Waals surface area (Å²) in [4.78, 5) is 27.8. The number of rotatable bonds is 3. The van der Waals surface area contributed by atoms with Crippen LogP contribution in [0.1, 0.15) is 12.5 Å². The van der Waals surface area contributed by atoms with E-state index in [-0.39, 0.29) is 11.8 Å². The largest absolute Gasteiger partial charge is 0.384 e. The molecule has 6 heteroatoms. The van der Waals surface area contributed by atoms with E-state index in [0.29, 0.717) is 32.6 Å². The number of hydrogen-bond donors (Lipinski definition) is 1. The number of benzene rings is 1. The molecule has 6 nitrogen and oxygen atoms in total. The fraction of sp³-hybridized carbons (Fsp3) is 0.444. The zero-order valence-electron chi connectivity index (χ0n) is 14.1. The van der Waals surface area contributed by atoms with E-state index in [1.807, 2.05) is 42.1 Å². The Morgan fingerprint density at radius 3 is 2.42 bits per heavy atom. The molecule has 3 rings (SSSR count). The van der Waals surface area contributed by atoms with Crippen LogP contribution in [0.15, 0.2) is 30.5 Å². The number of fused-ring (bicyclic) bond motifs is 1. The van der Waals surface area contributed by atoms with Crippen molar-refractivity contribution < 1.29 is 14.7 Å². The van der Waals surface area contributed by atoms with Crippen LogP contribution < -0.4 is 0 Å². The highest BCUT2D eigenvalue weighted by Gasteiger charge is 2.26. The smallest absolute Gasteiger partial charge is 0.251 e. The molecule has 2 amide bonds. The van der Waals surface area contributed by atoms with Gasteiger partial charge in [-0.15, -0.1) is 0 Å². The van der Waals surface area contributed by atoms with E-state index in [1.165, 1.54) is 6.92 Å². The van der Waals surface area contributed by atoms with Gasteiger partial charge in [-0.05, 0) is 18.6 Å². The van der Waals surface area contributed by atoms with Gasteiger partial charge in [0, 0.05) is 50.3 Å². The minimum atomic E-state index is -0.983. The van der Waals surface area contributed by atoms with Crippen LogP contribution in [-0.4, -0.2) is 63.6 Å². The number of aliphatic hydroxyl groups is 1. The number of aliphatic hydroxyl groups excluding tert-OH is 1. The Hall–Kier alpha value is -2.34. The molecule has 1 aromatic heterocycles. The molecule has 1 unspecified atom stereocenters. The first-order valence-electron chi connectivity index (χ1n) is 8.25. The molecular weight excluding hydrogens is 306 g/mol. The van der Waals surface area contributed by atoms with E-state index < -0.39 is 6.10 Å². The van der Waals surface area contributed by atoms with Gasteiger partial charge in [0.25, 0.3) is 5.91 Å². The van der Waals surface area contributed by atoms with Crippen molar-refractivity contribution in [1.29, 1.82) is 0 Å². The van der Waals surface area contributed by atoms with E-state index in [2.05, 4.69) is 0 Å². The number of hydrogen-bond acceptors (Lipinski definition) is 3. The van der Waals surface area contributed by atoms with Crippen LogP contribution in [0.4, 0.5) is 0 Å². The van der Waals surface area contributed by atoms with Crippen molar-refractivity contribution in [2.24, 2.45) is 7.05 Å². The third-order valence-electron chi connectivity index (χ3n) is 4.62. The van der Waals surface area contributed by atoms with Gasteiger partial charge in [-0.25, -0.2) is 0 Å². The lowest BCUT2D eigenvalue weighted by molar-refractivity contribution is -0.144. The maximum absolute atomic E-state index is 12.6. The molecule has 1 atom stereocenters. The lowest BCUT2D eigenvalue weighted by Crippen LogP contribution is -2.52. The average Bonchev–Trinajstić information content (AvgIpc) is 2.90. The maximum Gasteiger partial charge on any atom is 0.251 e. The van der Waals surface area contributed by atoms with Crippen molar-refractivity contribution in [3.05, 3.63) is 36.0 Å². The summed E-state index contributed by atoms with van der Waals surface area (Å²) in [6.45, 7) is 3.46. The SMILES string of the molecule is CC(O)C(=O)N1CCN(C(=O)Cc2cn(C)c3ccccc23)CC1. The first-order valence-corrected chi connectivity index (χ1v) is 8.25. The van der Waals surface area contributed by atoms with Crippen LogP contribution in [0.5, 0.6) is 0 Å². The molecule has 128 valence electrons. The van der Waals surface area contributed by atoms with Gasteiger partial charge in [0.1, 0.15) is 6.10 Å². The van der Waals surface area contributed by atoms with Crippen LogP contribution in [-0.2, 0) is 23.1 Å². The van der Waals surface area contributed by atoms with Crippen molar-refractivity contribution in [2.75, 3.05) is 26.2 Å². The number of aryl methyl sites for hydroxylation is 1. The van der Waals surface area contributed by atoms with Crippen LogP contribution in [0, 0.1) is 0 Å². The molecule has 24 heavy (non-hydrogen) atoms. The highest BCUT2D eigenvalue weighted by Crippen LogP contribution is 2.21. The Balaban J connectivity index is 1.65. The third-order valence-corrected chi connectivity index (χ3v) is 4.62. The Kier molecular flexibility index (Phi) is 4.57. The predicted molar refractivity (Wildman–Crippen MR) is 91.5 cm³/mol. The molecule has 2 aromatic rings. The number of amides is 2. The fourth-order valence-corrected chi connectivity index (χ4v) is 3.28. The van der Waals surface area contributed by atoms with Crippen LogP contribution >= 0.6 is 0 Å². The van der Waals surface area contributed by atoms with E-state index in [9.17, 15) is 14.7 Å². The van der Waals surface area contributed by atoms with Gasteiger partial charge >= 0.3 is 0 Å². The summed E-state index contributed by atoms with van der Waals surface area (Å²) < 4.78 is 2.04. The Morgan fingerprint density at radius 1 is 1.12 bits per heavy atom. The highest BCUT2D eigenvalue weighted by atomic mass is 16.3. The number of nitrogens with zero attached hydrogens (tertiary/aromatic N) is 3. The number of piperazine rings is 1. The van der Waals surface area contributed by atoms with Crippen molar-refractivity contribution in [3.63, 3.8) is 0 Å². The van der Waals surface area contributed by atoms with Crippen molar-refractivity contribution in [3.8, 4) is 0 Å². The Bertz CT molecular complexity index is 758. The van der Waals surface area contributed by atoms with Crippen LogP contribution in [0.25, 0.3) is 10.9 Å². The first kappa shape index (κ1) is 16.5. The quantitative estimate of drug-likeness (QED) is 0.905. The van der Waals surface area contributed by atoms with E-state index >= 15 is 0 Å². The van der Waals surface area contributed by atoms with Crippen LogP contribution in [0.2, 0.25) is 0 Å². The zero-order chi connectivity index (χ0) is 17.3. The summed E-state index contributed by atoms with van der Waals surface area (Å²) >= 11 is 0. The molecule has 1 fully saturated rings. The number of aromatic nitrogens is 1. The first-order chi connectivity index (χ1) is 11.5. The standard InChI is InChI=1S/C18H23N3O3/c1-13(22)18(24)21-9-7-20(8-10-21)17(23)11-14-12-19(2)16-6-4-3-5-15(14)16/h3-6,12-13,22H,7-11H2,1-2H3. The number of carbonyl (C=O) groups is 2. The predicted octanol–water partition coefficient (Wildman–Crippen LogP) is 0.772. The highest BCUT2D eigenvalue weighted by molar-refractivity contribution is 5.89. The van der Waals surface area contributed by atoms with Crippen LogP contribution in [0.3, 0.4) is 0 Å². The Labute approximate surface area is 141 Å². The second kappa shape index (κ2) is 6.65. The molecule has 0 bridgehead atoms. The molecular formula is C18H23N3O3. The lowest BCUT2D eigenvalue weighted by atomic mass is 10.1. The summed E-state index contributed by atoms with van der Waals surface area (Å²) in [7, 11) is 1.98. The molecule has 1 saturated heterocycles.